The summed E-state index contributed by atoms with van der Waals surface area (Å²) in [6.45, 7) is 0.0766. The summed E-state index contributed by atoms with van der Waals surface area (Å²) in [6.07, 6.45) is 6.59. The van der Waals surface area contributed by atoms with Gasteiger partial charge in [-0.3, -0.25) is 4.79 Å². The summed E-state index contributed by atoms with van der Waals surface area (Å²) in [6, 6.07) is 4.67. The smallest absolute Gasteiger partial charge is 0.253 e. The first-order valence-corrected chi connectivity index (χ1v) is 7.88. The third-order valence-corrected chi connectivity index (χ3v) is 4.61. The van der Waals surface area contributed by atoms with Crippen LogP contribution in [-0.2, 0) is 0 Å². The number of aliphatic hydroxyl groups is 1. The Morgan fingerprint density at radius 3 is 2.95 bits per heavy atom. The van der Waals surface area contributed by atoms with Gasteiger partial charge in [-0.25, -0.2) is 4.39 Å². The van der Waals surface area contributed by atoms with Gasteiger partial charge in [0, 0.05) is 35.7 Å². The van der Waals surface area contributed by atoms with Gasteiger partial charge in [-0.1, -0.05) is 25.3 Å². The van der Waals surface area contributed by atoms with E-state index in [0.717, 1.165) is 32.1 Å². The molecule has 5 heteroatoms. The predicted molar refractivity (Wildman–Crippen MR) is 83.2 cm³/mol. The minimum absolute atomic E-state index is 0.0447. The van der Waals surface area contributed by atoms with Crippen molar-refractivity contribution in [2.75, 3.05) is 6.61 Å². The standard InChI is InChI=1S/C17H21FN2O2/c18-13-6-4-8-15-16(13)12(9-19-15)17(22)20-14-7-3-1-2-5-11(14)10-21/h4,6,8-9,11,14,19,21H,1-3,5,7,10H2,(H,20,22). The molecule has 3 rings (SSSR count). The van der Waals surface area contributed by atoms with Gasteiger partial charge >= 0.3 is 0 Å². The average molecular weight is 304 g/mol. The zero-order chi connectivity index (χ0) is 15.5. The Balaban J connectivity index is 1.83. The summed E-state index contributed by atoms with van der Waals surface area (Å²) in [5.41, 5.74) is 0.943. The lowest BCUT2D eigenvalue weighted by Crippen LogP contribution is -2.41. The fourth-order valence-corrected chi connectivity index (χ4v) is 3.36. The molecule has 118 valence electrons. The Kier molecular flexibility index (Phi) is 4.43. The van der Waals surface area contributed by atoms with Crippen LogP contribution in [-0.4, -0.2) is 28.6 Å². The van der Waals surface area contributed by atoms with E-state index in [1.807, 2.05) is 0 Å². The van der Waals surface area contributed by atoms with Crippen LogP contribution in [0.5, 0.6) is 0 Å². The molecule has 0 spiro atoms. The van der Waals surface area contributed by atoms with Crippen LogP contribution in [0.1, 0.15) is 42.5 Å². The van der Waals surface area contributed by atoms with Crippen molar-refractivity contribution in [3.05, 3.63) is 35.8 Å². The summed E-state index contributed by atoms with van der Waals surface area (Å²) >= 11 is 0. The molecular formula is C17H21FN2O2. The number of hydrogen-bond donors (Lipinski definition) is 3. The number of amides is 1. The Bertz CT molecular complexity index is 668. The second-order valence-corrected chi connectivity index (χ2v) is 6.03. The van der Waals surface area contributed by atoms with Crippen molar-refractivity contribution in [2.45, 2.75) is 38.1 Å². The van der Waals surface area contributed by atoms with Gasteiger partial charge in [0.2, 0.25) is 0 Å². The van der Waals surface area contributed by atoms with Gasteiger partial charge in [-0.15, -0.1) is 0 Å². The van der Waals surface area contributed by atoms with Crippen LogP contribution in [0, 0.1) is 11.7 Å². The molecule has 1 amide bonds. The van der Waals surface area contributed by atoms with Crippen LogP contribution in [0.3, 0.4) is 0 Å². The number of aromatic amines is 1. The van der Waals surface area contributed by atoms with E-state index in [9.17, 15) is 14.3 Å². The molecule has 0 aliphatic heterocycles. The summed E-state index contributed by atoms with van der Waals surface area (Å²) in [5, 5.41) is 12.9. The van der Waals surface area contributed by atoms with Gasteiger partial charge in [0.1, 0.15) is 5.82 Å². The number of carbonyl (C=O) groups excluding carboxylic acids is 1. The molecule has 0 saturated heterocycles. The molecule has 3 N–H and O–H groups in total. The first-order chi connectivity index (χ1) is 10.7. The molecule has 22 heavy (non-hydrogen) atoms. The highest BCUT2D eigenvalue weighted by molar-refractivity contribution is 6.07. The van der Waals surface area contributed by atoms with Crippen molar-refractivity contribution < 1.29 is 14.3 Å². The first-order valence-electron chi connectivity index (χ1n) is 7.88. The molecule has 0 radical (unpaired) electrons. The van der Waals surface area contributed by atoms with Crippen molar-refractivity contribution in [3.8, 4) is 0 Å². The third-order valence-electron chi connectivity index (χ3n) is 4.61. The zero-order valence-corrected chi connectivity index (χ0v) is 12.4. The number of aromatic nitrogens is 1. The number of halogens is 1. The Morgan fingerprint density at radius 1 is 1.32 bits per heavy atom. The molecule has 1 aliphatic rings. The monoisotopic (exact) mass is 304 g/mol. The van der Waals surface area contributed by atoms with Crippen molar-refractivity contribution in [1.29, 1.82) is 0 Å². The van der Waals surface area contributed by atoms with Crippen LogP contribution < -0.4 is 5.32 Å². The van der Waals surface area contributed by atoms with E-state index in [0.29, 0.717) is 16.5 Å². The highest BCUT2D eigenvalue weighted by Gasteiger charge is 2.26. The molecule has 0 bridgehead atoms. The summed E-state index contributed by atoms with van der Waals surface area (Å²) in [7, 11) is 0. The van der Waals surface area contributed by atoms with E-state index in [1.54, 1.807) is 18.3 Å². The van der Waals surface area contributed by atoms with Gasteiger partial charge in [-0.2, -0.15) is 0 Å². The summed E-state index contributed by atoms with van der Waals surface area (Å²) < 4.78 is 14.0. The second kappa shape index (κ2) is 6.48. The van der Waals surface area contributed by atoms with Crippen LogP contribution in [0.15, 0.2) is 24.4 Å². The van der Waals surface area contributed by atoms with E-state index in [-0.39, 0.29) is 24.5 Å². The topological polar surface area (TPSA) is 65.1 Å². The Morgan fingerprint density at radius 2 is 2.14 bits per heavy atom. The van der Waals surface area contributed by atoms with Crippen LogP contribution in [0.4, 0.5) is 4.39 Å². The molecule has 1 saturated carbocycles. The first kappa shape index (κ1) is 15.0. The van der Waals surface area contributed by atoms with Crippen molar-refractivity contribution >= 4 is 16.8 Å². The SMILES string of the molecule is O=C(NC1CCCCCC1CO)c1c[nH]c2cccc(F)c12. The molecule has 1 heterocycles. The minimum atomic E-state index is -0.400. The number of nitrogens with one attached hydrogen (secondary N) is 2. The van der Waals surface area contributed by atoms with E-state index >= 15 is 0 Å². The minimum Gasteiger partial charge on any atom is -0.396 e. The predicted octanol–water partition coefficient (Wildman–Crippen LogP) is 2.98. The van der Waals surface area contributed by atoms with Crippen molar-refractivity contribution in [1.82, 2.24) is 10.3 Å². The van der Waals surface area contributed by atoms with Crippen LogP contribution in [0.25, 0.3) is 10.9 Å². The fourth-order valence-electron chi connectivity index (χ4n) is 3.36. The quantitative estimate of drug-likeness (QED) is 0.763. The van der Waals surface area contributed by atoms with E-state index in [1.165, 1.54) is 6.07 Å². The Labute approximate surface area is 128 Å². The van der Waals surface area contributed by atoms with Gasteiger partial charge in [0.15, 0.2) is 0 Å². The molecule has 1 aromatic carbocycles. The maximum Gasteiger partial charge on any atom is 0.253 e. The van der Waals surface area contributed by atoms with E-state index in [2.05, 4.69) is 10.3 Å². The highest BCUT2D eigenvalue weighted by Crippen LogP contribution is 2.25. The van der Waals surface area contributed by atoms with Crippen LogP contribution in [0.2, 0.25) is 0 Å². The number of fused-ring (bicyclic) bond motifs is 1. The van der Waals surface area contributed by atoms with Crippen LogP contribution >= 0.6 is 0 Å². The molecule has 2 unspecified atom stereocenters. The molecule has 1 fully saturated rings. The normalized spacial score (nSPS) is 22.5. The summed E-state index contributed by atoms with van der Waals surface area (Å²) in [4.78, 5) is 15.5. The Hall–Kier alpha value is -1.88. The lowest BCUT2D eigenvalue weighted by Gasteiger charge is -2.24. The maximum atomic E-state index is 14.0. The number of rotatable bonds is 3. The number of H-pyrrole nitrogens is 1. The van der Waals surface area contributed by atoms with Gasteiger partial charge in [0.25, 0.3) is 5.91 Å². The fraction of sp³-hybridized carbons (Fsp3) is 0.471. The summed E-state index contributed by atoms with van der Waals surface area (Å²) in [5.74, 6) is -0.591. The van der Waals surface area contributed by atoms with Gasteiger partial charge in [-0.05, 0) is 25.0 Å². The average Bonchev–Trinajstić information content (AvgIpc) is 2.83. The van der Waals surface area contributed by atoms with Crippen molar-refractivity contribution in [2.24, 2.45) is 5.92 Å². The van der Waals surface area contributed by atoms with Gasteiger partial charge in [0.05, 0.1) is 5.56 Å². The largest absolute Gasteiger partial charge is 0.396 e. The van der Waals surface area contributed by atoms with E-state index in [4.69, 9.17) is 0 Å². The lowest BCUT2D eigenvalue weighted by molar-refractivity contribution is 0.0901. The van der Waals surface area contributed by atoms with Gasteiger partial charge < -0.3 is 15.4 Å². The molecule has 4 nitrogen and oxygen atoms in total. The number of hydrogen-bond acceptors (Lipinski definition) is 2. The lowest BCUT2D eigenvalue weighted by atomic mass is 9.95. The maximum absolute atomic E-state index is 14.0. The van der Waals surface area contributed by atoms with Crippen molar-refractivity contribution in [3.63, 3.8) is 0 Å². The molecule has 2 atom stereocenters. The number of aliphatic hydroxyl groups excluding tert-OH is 1. The molecule has 2 aromatic rings. The zero-order valence-electron chi connectivity index (χ0n) is 12.4. The highest BCUT2D eigenvalue weighted by atomic mass is 19.1. The molecule has 1 aromatic heterocycles. The van der Waals surface area contributed by atoms with E-state index < -0.39 is 5.82 Å². The molecular weight excluding hydrogens is 283 g/mol. The second-order valence-electron chi connectivity index (χ2n) is 6.03. The molecule has 1 aliphatic carbocycles. The number of carbonyl (C=O) groups is 1. The third kappa shape index (κ3) is 2.86. The number of benzene rings is 1.